The number of azide groups is 1. The average molecular weight is 186 g/mol. The minimum atomic E-state index is -0.282. The van der Waals surface area contributed by atoms with Gasteiger partial charge in [0, 0.05) is 24.1 Å². The molecule has 0 aromatic rings. The first kappa shape index (κ1) is 12.2. The zero-order valence-electron chi connectivity index (χ0n) is 8.53. The maximum absolute atomic E-state index is 8.14. The van der Waals surface area contributed by atoms with Gasteiger partial charge in [-0.25, -0.2) is 0 Å². The van der Waals surface area contributed by atoms with Crippen molar-refractivity contribution in [2.24, 2.45) is 10.8 Å². The van der Waals surface area contributed by atoms with Gasteiger partial charge in [-0.15, -0.1) is 0 Å². The molecule has 1 unspecified atom stereocenters. The molecule has 0 rings (SSSR count). The van der Waals surface area contributed by atoms with Crippen molar-refractivity contribution in [3.05, 3.63) is 10.4 Å². The molecule has 5 heteroatoms. The molecule has 0 heterocycles. The molecular formula is C8H18N4O. The predicted octanol–water partition coefficient (Wildman–Crippen LogP) is 1.83. The van der Waals surface area contributed by atoms with Crippen LogP contribution >= 0.6 is 0 Å². The Morgan fingerprint density at radius 3 is 2.69 bits per heavy atom. The van der Waals surface area contributed by atoms with E-state index in [0.717, 1.165) is 6.42 Å². The summed E-state index contributed by atoms with van der Waals surface area (Å²) in [4.78, 5) is 2.72. The van der Waals surface area contributed by atoms with Gasteiger partial charge in [-0.3, -0.25) is 0 Å². The lowest BCUT2D eigenvalue weighted by molar-refractivity contribution is -0.0128. The quantitative estimate of drug-likeness (QED) is 0.390. The number of ether oxygens (including phenoxy) is 1. The highest BCUT2D eigenvalue weighted by molar-refractivity contribution is 4.69. The summed E-state index contributed by atoms with van der Waals surface area (Å²) < 4.78 is 5.49. The molecule has 0 aliphatic rings. The Balaban J connectivity index is 3.61. The van der Waals surface area contributed by atoms with Crippen LogP contribution in [0.25, 0.3) is 10.4 Å². The van der Waals surface area contributed by atoms with E-state index in [1.807, 2.05) is 20.8 Å². The third-order valence-electron chi connectivity index (χ3n) is 1.77. The lowest BCUT2D eigenvalue weighted by atomic mass is 10.1. The lowest BCUT2D eigenvalue weighted by Gasteiger charge is -2.23. The van der Waals surface area contributed by atoms with Gasteiger partial charge in [0.2, 0.25) is 0 Å². The number of hydrogen-bond acceptors (Lipinski definition) is 3. The monoisotopic (exact) mass is 186 g/mol. The third-order valence-corrected chi connectivity index (χ3v) is 1.77. The molecule has 13 heavy (non-hydrogen) atoms. The van der Waals surface area contributed by atoms with E-state index >= 15 is 0 Å². The number of hydrogen-bond donors (Lipinski definition) is 1. The van der Waals surface area contributed by atoms with Crippen LogP contribution < -0.4 is 5.73 Å². The first-order valence-corrected chi connectivity index (χ1v) is 4.40. The third kappa shape index (κ3) is 6.40. The molecule has 0 spiro atoms. The van der Waals surface area contributed by atoms with Crippen LogP contribution in [0.5, 0.6) is 0 Å². The van der Waals surface area contributed by atoms with Crippen molar-refractivity contribution in [1.82, 2.24) is 0 Å². The average Bonchev–Trinajstić information content (AvgIpc) is 2.05. The maximum atomic E-state index is 8.14. The van der Waals surface area contributed by atoms with E-state index in [2.05, 4.69) is 10.0 Å². The van der Waals surface area contributed by atoms with Crippen molar-refractivity contribution < 1.29 is 4.74 Å². The van der Waals surface area contributed by atoms with Crippen LogP contribution in [-0.4, -0.2) is 24.8 Å². The zero-order valence-corrected chi connectivity index (χ0v) is 8.53. The van der Waals surface area contributed by atoms with Gasteiger partial charge in [0.15, 0.2) is 0 Å². The van der Waals surface area contributed by atoms with Crippen molar-refractivity contribution in [2.45, 2.75) is 38.8 Å². The van der Waals surface area contributed by atoms with Gasteiger partial charge in [0.1, 0.15) is 0 Å². The van der Waals surface area contributed by atoms with Gasteiger partial charge < -0.3 is 10.5 Å². The minimum absolute atomic E-state index is 0.0152. The summed E-state index contributed by atoms with van der Waals surface area (Å²) in [5, 5.41) is 3.54. The van der Waals surface area contributed by atoms with Crippen molar-refractivity contribution in [1.29, 1.82) is 0 Å². The van der Waals surface area contributed by atoms with E-state index in [9.17, 15) is 0 Å². The molecule has 1 atom stereocenters. The van der Waals surface area contributed by atoms with Crippen LogP contribution in [0.15, 0.2) is 5.11 Å². The predicted molar refractivity (Wildman–Crippen MR) is 52.3 cm³/mol. The molecule has 0 aromatic carbocycles. The van der Waals surface area contributed by atoms with E-state index in [4.69, 9.17) is 16.0 Å². The summed E-state index contributed by atoms with van der Waals surface area (Å²) in [5.74, 6) is 0. The summed E-state index contributed by atoms with van der Waals surface area (Å²) >= 11 is 0. The second-order valence-corrected chi connectivity index (χ2v) is 3.65. The molecular weight excluding hydrogens is 168 g/mol. The Hall–Kier alpha value is -0.770. The molecule has 0 bridgehead atoms. The summed E-state index contributed by atoms with van der Waals surface area (Å²) in [6.07, 6.45) is 0.730. The van der Waals surface area contributed by atoms with E-state index in [1.54, 1.807) is 0 Å². The Bertz CT molecular complexity index is 187. The van der Waals surface area contributed by atoms with Crippen LogP contribution in [-0.2, 0) is 4.74 Å². The first-order valence-electron chi connectivity index (χ1n) is 4.40. The van der Waals surface area contributed by atoms with Crippen LogP contribution in [0.4, 0.5) is 0 Å². The van der Waals surface area contributed by atoms with E-state index in [1.165, 1.54) is 0 Å². The molecule has 5 nitrogen and oxygen atoms in total. The highest BCUT2D eigenvalue weighted by atomic mass is 16.5. The summed E-state index contributed by atoms with van der Waals surface area (Å²) in [7, 11) is 0. The smallest absolute Gasteiger partial charge is 0.0748 e. The molecule has 0 radical (unpaired) electrons. The first-order chi connectivity index (χ1) is 6.02. The molecule has 0 saturated carbocycles. The molecule has 0 amide bonds. The van der Waals surface area contributed by atoms with E-state index in [0.29, 0.717) is 13.2 Å². The second-order valence-electron chi connectivity index (χ2n) is 3.65. The van der Waals surface area contributed by atoms with Crippen molar-refractivity contribution in [3.8, 4) is 0 Å². The SMILES string of the molecule is CC(CCOC(C)(C)CN)N=[N+]=[N-]. The summed E-state index contributed by atoms with van der Waals surface area (Å²) in [6, 6.07) is -0.0152. The Labute approximate surface area is 78.9 Å². The topological polar surface area (TPSA) is 84.0 Å². The molecule has 0 fully saturated rings. The largest absolute Gasteiger partial charge is 0.374 e. The van der Waals surface area contributed by atoms with Gasteiger partial charge >= 0.3 is 0 Å². The zero-order chi connectivity index (χ0) is 10.3. The van der Waals surface area contributed by atoms with Gasteiger partial charge in [0.25, 0.3) is 0 Å². The van der Waals surface area contributed by atoms with Crippen LogP contribution in [0.3, 0.4) is 0 Å². The molecule has 76 valence electrons. The van der Waals surface area contributed by atoms with Gasteiger partial charge in [0.05, 0.1) is 5.60 Å². The number of nitrogens with zero attached hydrogens (tertiary/aromatic N) is 3. The van der Waals surface area contributed by atoms with Crippen molar-refractivity contribution >= 4 is 0 Å². The highest BCUT2D eigenvalue weighted by Crippen LogP contribution is 2.08. The van der Waals surface area contributed by atoms with Crippen LogP contribution in [0, 0.1) is 0 Å². The second kappa shape index (κ2) is 5.80. The highest BCUT2D eigenvalue weighted by Gasteiger charge is 2.15. The summed E-state index contributed by atoms with van der Waals surface area (Å²) in [5.41, 5.74) is 13.3. The summed E-state index contributed by atoms with van der Waals surface area (Å²) in [6.45, 7) is 6.79. The van der Waals surface area contributed by atoms with E-state index < -0.39 is 0 Å². The fraction of sp³-hybridized carbons (Fsp3) is 1.00. The molecule has 0 saturated heterocycles. The van der Waals surface area contributed by atoms with E-state index in [-0.39, 0.29) is 11.6 Å². The number of rotatable bonds is 6. The Morgan fingerprint density at radius 1 is 1.62 bits per heavy atom. The van der Waals surface area contributed by atoms with Crippen molar-refractivity contribution in [3.63, 3.8) is 0 Å². The molecule has 2 N–H and O–H groups in total. The van der Waals surface area contributed by atoms with Gasteiger partial charge in [-0.05, 0) is 25.8 Å². The van der Waals surface area contributed by atoms with Crippen molar-refractivity contribution in [2.75, 3.05) is 13.2 Å². The lowest BCUT2D eigenvalue weighted by Crippen LogP contribution is -2.34. The Kier molecular flexibility index (Phi) is 5.46. The fourth-order valence-corrected chi connectivity index (χ4v) is 0.711. The normalized spacial score (nSPS) is 13.5. The minimum Gasteiger partial charge on any atom is -0.374 e. The fourth-order valence-electron chi connectivity index (χ4n) is 0.711. The van der Waals surface area contributed by atoms with Gasteiger partial charge in [-0.2, -0.15) is 0 Å². The van der Waals surface area contributed by atoms with Crippen LogP contribution in [0.2, 0.25) is 0 Å². The Morgan fingerprint density at radius 2 is 2.23 bits per heavy atom. The number of nitrogens with two attached hydrogens (primary N) is 1. The molecule has 0 aliphatic heterocycles. The van der Waals surface area contributed by atoms with Crippen LogP contribution in [0.1, 0.15) is 27.2 Å². The maximum Gasteiger partial charge on any atom is 0.0748 e. The van der Waals surface area contributed by atoms with Gasteiger partial charge in [-0.1, -0.05) is 12.0 Å². The standard InChI is InChI=1S/C8H18N4O/c1-7(11-12-10)4-5-13-8(2,3)6-9/h7H,4-6,9H2,1-3H3. The molecule has 0 aliphatic carbocycles. The molecule has 0 aromatic heterocycles.